The Hall–Kier alpha value is -0.620. The fraction of sp³-hybridized carbons (Fsp3) is 0.846. The molecule has 1 unspecified atom stereocenters. The second-order valence-electron chi connectivity index (χ2n) is 4.61. The van der Waals surface area contributed by atoms with E-state index in [2.05, 4.69) is 21.2 Å². The first-order valence-electron chi connectivity index (χ1n) is 6.91. The second kappa shape index (κ2) is 9.31. The molecule has 0 aliphatic carbocycles. The molecule has 19 heavy (non-hydrogen) atoms. The summed E-state index contributed by atoms with van der Waals surface area (Å²) >= 11 is 3.35. The molecule has 110 valence electrons. The minimum atomic E-state index is -0.461. The number of nitrogens with one attached hydrogen (secondary N) is 1. The summed E-state index contributed by atoms with van der Waals surface area (Å²) in [5.74, 6) is -0.0451. The molecule has 1 heterocycles. The first-order valence-corrected chi connectivity index (χ1v) is 8.03. The minimum Gasteiger partial charge on any atom is -0.377 e. The molecule has 1 aliphatic rings. The van der Waals surface area contributed by atoms with Gasteiger partial charge in [-0.1, -0.05) is 22.9 Å². The van der Waals surface area contributed by atoms with E-state index in [0.29, 0.717) is 32.7 Å². The molecular weight excluding hydrogens is 312 g/mol. The summed E-state index contributed by atoms with van der Waals surface area (Å²) in [5, 5.41) is 3.74. The molecule has 1 rings (SSSR count). The topological polar surface area (TPSA) is 58.6 Å². The van der Waals surface area contributed by atoms with Crippen LogP contribution in [-0.4, -0.2) is 54.4 Å². The highest BCUT2D eigenvalue weighted by Crippen LogP contribution is 2.11. The molecule has 6 heteroatoms. The van der Waals surface area contributed by atoms with Gasteiger partial charge in [0.05, 0.1) is 13.2 Å². The van der Waals surface area contributed by atoms with E-state index >= 15 is 0 Å². The normalized spacial score (nSPS) is 19.3. The number of hydrogen-bond acceptors (Lipinski definition) is 3. The van der Waals surface area contributed by atoms with Gasteiger partial charge in [-0.05, 0) is 19.3 Å². The SMILES string of the molecule is CCCNC(=O)C1COCCN1C(=O)CCCCBr. The fourth-order valence-corrected chi connectivity index (χ4v) is 2.40. The molecule has 0 bridgehead atoms. The number of morpholine rings is 1. The average molecular weight is 335 g/mol. The molecule has 5 nitrogen and oxygen atoms in total. The molecule has 0 aromatic carbocycles. The van der Waals surface area contributed by atoms with Crippen molar-refractivity contribution in [2.75, 3.05) is 31.6 Å². The first kappa shape index (κ1) is 16.4. The van der Waals surface area contributed by atoms with Gasteiger partial charge in [0, 0.05) is 24.8 Å². The number of rotatable bonds is 7. The highest BCUT2D eigenvalue weighted by molar-refractivity contribution is 9.09. The summed E-state index contributed by atoms with van der Waals surface area (Å²) in [6.45, 7) is 3.97. The van der Waals surface area contributed by atoms with Crippen LogP contribution in [0, 0.1) is 0 Å². The van der Waals surface area contributed by atoms with E-state index in [1.165, 1.54) is 0 Å². The lowest BCUT2D eigenvalue weighted by atomic mass is 10.1. The monoisotopic (exact) mass is 334 g/mol. The van der Waals surface area contributed by atoms with Gasteiger partial charge in [-0.2, -0.15) is 0 Å². The van der Waals surface area contributed by atoms with Gasteiger partial charge < -0.3 is 15.0 Å². The van der Waals surface area contributed by atoms with Gasteiger partial charge in [0.2, 0.25) is 11.8 Å². The van der Waals surface area contributed by atoms with E-state index in [-0.39, 0.29) is 11.8 Å². The van der Waals surface area contributed by atoms with Crippen LogP contribution < -0.4 is 5.32 Å². The molecule has 0 radical (unpaired) electrons. The number of ether oxygens (including phenoxy) is 1. The highest BCUT2D eigenvalue weighted by Gasteiger charge is 2.32. The fourth-order valence-electron chi connectivity index (χ4n) is 2.00. The summed E-state index contributed by atoms with van der Waals surface area (Å²) in [6, 6.07) is -0.461. The van der Waals surface area contributed by atoms with Gasteiger partial charge in [0.25, 0.3) is 0 Å². The van der Waals surface area contributed by atoms with Crippen molar-refractivity contribution in [2.24, 2.45) is 0 Å². The van der Waals surface area contributed by atoms with Crippen LogP contribution in [0.1, 0.15) is 32.6 Å². The third-order valence-corrected chi connectivity index (χ3v) is 3.64. The Balaban J connectivity index is 2.51. The molecule has 1 atom stereocenters. The number of alkyl halides is 1. The number of carbonyl (C=O) groups is 2. The standard InChI is InChI=1S/C13H23BrN2O3/c1-2-7-15-13(18)11-10-19-9-8-16(11)12(17)5-3-4-6-14/h11H,2-10H2,1H3,(H,15,18). The Morgan fingerprint density at radius 1 is 1.42 bits per heavy atom. The third-order valence-electron chi connectivity index (χ3n) is 3.07. The van der Waals surface area contributed by atoms with Gasteiger partial charge in [-0.3, -0.25) is 9.59 Å². The van der Waals surface area contributed by atoms with Crippen LogP contribution in [0.2, 0.25) is 0 Å². The maximum absolute atomic E-state index is 12.1. The van der Waals surface area contributed by atoms with E-state index in [9.17, 15) is 9.59 Å². The lowest BCUT2D eigenvalue weighted by Gasteiger charge is -2.34. The van der Waals surface area contributed by atoms with E-state index in [0.717, 1.165) is 24.6 Å². The predicted octanol–water partition coefficient (Wildman–Crippen LogP) is 1.31. The Morgan fingerprint density at radius 2 is 2.21 bits per heavy atom. The molecule has 1 aliphatic heterocycles. The van der Waals surface area contributed by atoms with Crippen molar-refractivity contribution in [3.63, 3.8) is 0 Å². The maximum atomic E-state index is 12.1. The molecule has 1 saturated heterocycles. The van der Waals surface area contributed by atoms with Gasteiger partial charge in [-0.25, -0.2) is 0 Å². The van der Waals surface area contributed by atoms with E-state index < -0.39 is 6.04 Å². The Kier molecular flexibility index (Phi) is 8.05. The van der Waals surface area contributed by atoms with Crippen LogP contribution in [0.15, 0.2) is 0 Å². The molecule has 0 saturated carbocycles. The summed E-state index contributed by atoms with van der Waals surface area (Å²) in [6.07, 6.45) is 3.22. The smallest absolute Gasteiger partial charge is 0.245 e. The minimum absolute atomic E-state index is 0.0564. The van der Waals surface area contributed by atoms with Crippen LogP contribution in [-0.2, 0) is 14.3 Å². The zero-order chi connectivity index (χ0) is 14.1. The van der Waals surface area contributed by atoms with Crippen molar-refractivity contribution < 1.29 is 14.3 Å². The Morgan fingerprint density at radius 3 is 2.89 bits per heavy atom. The molecule has 0 aromatic rings. The number of nitrogens with zero attached hydrogens (tertiary/aromatic N) is 1. The van der Waals surface area contributed by atoms with Gasteiger partial charge in [-0.15, -0.1) is 0 Å². The van der Waals surface area contributed by atoms with Gasteiger partial charge >= 0.3 is 0 Å². The molecule has 1 N–H and O–H groups in total. The van der Waals surface area contributed by atoms with Crippen molar-refractivity contribution in [3.05, 3.63) is 0 Å². The van der Waals surface area contributed by atoms with Crippen LogP contribution in [0.4, 0.5) is 0 Å². The Labute approximate surface area is 123 Å². The first-order chi connectivity index (χ1) is 9.20. The number of carbonyl (C=O) groups excluding carboxylic acids is 2. The largest absolute Gasteiger partial charge is 0.377 e. The van der Waals surface area contributed by atoms with Crippen molar-refractivity contribution in [3.8, 4) is 0 Å². The maximum Gasteiger partial charge on any atom is 0.245 e. The number of unbranched alkanes of at least 4 members (excludes halogenated alkanes) is 1. The van der Waals surface area contributed by atoms with Crippen LogP contribution in [0.25, 0.3) is 0 Å². The van der Waals surface area contributed by atoms with Crippen molar-refractivity contribution in [1.82, 2.24) is 10.2 Å². The van der Waals surface area contributed by atoms with Crippen molar-refractivity contribution in [1.29, 1.82) is 0 Å². The van der Waals surface area contributed by atoms with E-state index in [1.807, 2.05) is 6.92 Å². The zero-order valence-electron chi connectivity index (χ0n) is 11.5. The van der Waals surface area contributed by atoms with Crippen molar-refractivity contribution in [2.45, 2.75) is 38.6 Å². The Bertz CT molecular complexity index is 300. The number of hydrogen-bond donors (Lipinski definition) is 1. The zero-order valence-corrected chi connectivity index (χ0v) is 13.1. The second-order valence-corrected chi connectivity index (χ2v) is 5.41. The lowest BCUT2D eigenvalue weighted by molar-refractivity contribution is -0.148. The molecule has 2 amide bonds. The summed E-state index contributed by atoms with van der Waals surface area (Å²) in [7, 11) is 0. The lowest BCUT2D eigenvalue weighted by Crippen LogP contribution is -2.55. The number of halogens is 1. The average Bonchev–Trinajstić information content (AvgIpc) is 2.45. The quantitative estimate of drug-likeness (QED) is 0.564. The highest BCUT2D eigenvalue weighted by atomic mass is 79.9. The summed E-state index contributed by atoms with van der Waals surface area (Å²) in [4.78, 5) is 25.8. The van der Waals surface area contributed by atoms with Gasteiger partial charge in [0.1, 0.15) is 6.04 Å². The van der Waals surface area contributed by atoms with Crippen LogP contribution in [0.3, 0.4) is 0 Å². The van der Waals surface area contributed by atoms with E-state index in [4.69, 9.17) is 4.74 Å². The molecule has 0 spiro atoms. The predicted molar refractivity (Wildman–Crippen MR) is 77.3 cm³/mol. The van der Waals surface area contributed by atoms with Crippen LogP contribution >= 0.6 is 15.9 Å². The van der Waals surface area contributed by atoms with Gasteiger partial charge in [0.15, 0.2) is 0 Å². The molecular formula is C13H23BrN2O3. The van der Waals surface area contributed by atoms with Crippen molar-refractivity contribution >= 4 is 27.7 Å². The molecule has 0 aromatic heterocycles. The summed E-state index contributed by atoms with van der Waals surface area (Å²) < 4.78 is 5.33. The van der Waals surface area contributed by atoms with Crippen LogP contribution in [0.5, 0.6) is 0 Å². The number of amides is 2. The van der Waals surface area contributed by atoms with E-state index in [1.54, 1.807) is 4.90 Å². The third kappa shape index (κ3) is 5.48. The summed E-state index contributed by atoms with van der Waals surface area (Å²) in [5.41, 5.74) is 0. The molecule has 1 fully saturated rings.